The Hall–Kier alpha value is -1.17. The molecule has 4 nitrogen and oxygen atoms in total. The van der Waals surface area contributed by atoms with Crippen molar-refractivity contribution >= 4 is 39.1 Å². The zero-order chi connectivity index (χ0) is 16.9. The second-order valence-corrected chi connectivity index (χ2v) is 8.31. The molecule has 0 spiro atoms. The molecule has 2 aromatic rings. The molecule has 0 radical (unpaired) electrons. The predicted octanol–water partition coefficient (Wildman–Crippen LogP) is 3.94. The van der Waals surface area contributed by atoms with E-state index < -0.39 is 5.60 Å². The fourth-order valence-electron chi connectivity index (χ4n) is 2.76. The summed E-state index contributed by atoms with van der Waals surface area (Å²) in [5, 5.41) is 14.4. The minimum absolute atomic E-state index is 0.134. The number of rotatable bonds is 4. The maximum atomic E-state index is 12.6. The first kappa shape index (κ1) is 16.7. The summed E-state index contributed by atoms with van der Waals surface area (Å²) in [6, 6.07) is 0. The van der Waals surface area contributed by atoms with Gasteiger partial charge in [-0.3, -0.25) is 4.79 Å². The second-order valence-electron chi connectivity index (χ2n) is 6.93. The molecule has 0 unspecified atom stereocenters. The van der Waals surface area contributed by atoms with E-state index in [4.69, 9.17) is 11.6 Å². The van der Waals surface area contributed by atoms with Crippen molar-refractivity contribution in [1.29, 1.82) is 0 Å². The van der Waals surface area contributed by atoms with Gasteiger partial charge in [0.15, 0.2) is 0 Å². The standard InChI is InChI=1S/C17H21ClN2O2S/c1-8-11-12(10-5-6-10)14(15(21)19-7-17(3,4)22)23-16(11)20-9(2)13(8)18/h10,22H,5-7H2,1-4H3,(H,19,21). The van der Waals surface area contributed by atoms with Crippen LogP contribution in [-0.4, -0.2) is 28.1 Å². The number of hydrogen-bond acceptors (Lipinski definition) is 4. The molecular weight excluding hydrogens is 332 g/mol. The number of hydrogen-bond donors (Lipinski definition) is 2. The largest absolute Gasteiger partial charge is 0.389 e. The van der Waals surface area contributed by atoms with Gasteiger partial charge in [-0.05, 0) is 57.6 Å². The molecule has 2 N–H and O–H groups in total. The van der Waals surface area contributed by atoms with Gasteiger partial charge in [0.1, 0.15) is 4.83 Å². The molecule has 6 heteroatoms. The molecule has 0 atom stereocenters. The lowest BCUT2D eigenvalue weighted by Gasteiger charge is -2.17. The number of pyridine rings is 1. The van der Waals surface area contributed by atoms with Crippen LogP contribution in [-0.2, 0) is 0 Å². The van der Waals surface area contributed by atoms with Gasteiger partial charge in [-0.1, -0.05) is 11.6 Å². The quantitative estimate of drug-likeness (QED) is 0.875. The number of nitrogens with one attached hydrogen (secondary N) is 1. The lowest BCUT2D eigenvalue weighted by molar-refractivity contribution is 0.0696. The highest BCUT2D eigenvalue weighted by Crippen LogP contribution is 2.49. The van der Waals surface area contributed by atoms with E-state index in [9.17, 15) is 9.90 Å². The van der Waals surface area contributed by atoms with E-state index in [2.05, 4.69) is 10.3 Å². The van der Waals surface area contributed by atoms with Gasteiger partial charge in [0, 0.05) is 11.9 Å². The summed E-state index contributed by atoms with van der Waals surface area (Å²) in [5.41, 5.74) is 1.96. The maximum absolute atomic E-state index is 12.6. The Kier molecular flexibility index (Phi) is 4.15. The monoisotopic (exact) mass is 352 g/mol. The third-order valence-electron chi connectivity index (χ3n) is 4.09. The summed E-state index contributed by atoms with van der Waals surface area (Å²) >= 11 is 7.80. The maximum Gasteiger partial charge on any atom is 0.261 e. The molecule has 1 aliphatic rings. The third-order valence-corrected chi connectivity index (χ3v) is 5.75. The van der Waals surface area contributed by atoms with Crippen LogP contribution in [0.25, 0.3) is 10.2 Å². The van der Waals surface area contributed by atoms with E-state index in [1.165, 1.54) is 11.3 Å². The van der Waals surface area contributed by atoms with Crippen molar-refractivity contribution in [2.24, 2.45) is 0 Å². The Labute approximate surface area is 144 Å². The third kappa shape index (κ3) is 3.23. The lowest BCUT2D eigenvalue weighted by Crippen LogP contribution is -2.38. The zero-order valence-electron chi connectivity index (χ0n) is 13.8. The average Bonchev–Trinajstić information content (AvgIpc) is 3.22. The van der Waals surface area contributed by atoms with E-state index in [-0.39, 0.29) is 12.5 Å². The van der Waals surface area contributed by atoms with Crippen molar-refractivity contribution in [3.05, 3.63) is 26.7 Å². The Morgan fingerprint density at radius 3 is 2.65 bits per heavy atom. The van der Waals surface area contributed by atoms with Crippen molar-refractivity contribution in [2.75, 3.05) is 6.54 Å². The van der Waals surface area contributed by atoms with Gasteiger partial charge >= 0.3 is 0 Å². The molecule has 1 saturated carbocycles. The minimum Gasteiger partial charge on any atom is -0.389 e. The fourth-order valence-corrected chi connectivity index (χ4v) is 4.18. The van der Waals surface area contributed by atoms with Crippen LogP contribution in [0.15, 0.2) is 0 Å². The zero-order valence-corrected chi connectivity index (χ0v) is 15.4. The predicted molar refractivity (Wildman–Crippen MR) is 94.7 cm³/mol. The molecule has 0 aliphatic heterocycles. The number of amides is 1. The summed E-state index contributed by atoms with van der Waals surface area (Å²) in [5.74, 6) is 0.288. The molecule has 0 aromatic carbocycles. The molecule has 1 amide bonds. The number of fused-ring (bicyclic) bond motifs is 1. The highest BCUT2D eigenvalue weighted by molar-refractivity contribution is 7.20. The summed E-state index contributed by atoms with van der Waals surface area (Å²) in [4.78, 5) is 18.8. The van der Waals surface area contributed by atoms with E-state index >= 15 is 0 Å². The Morgan fingerprint density at radius 1 is 1.43 bits per heavy atom. The van der Waals surface area contributed by atoms with E-state index in [1.807, 2.05) is 13.8 Å². The molecule has 1 fully saturated rings. The molecule has 124 valence electrons. The highest BCUT2D eigenvalue weighted by Gasteiger charge is 2.33. The molecule has 23 heavy (non-hydrogen) atoms. The SMILES string of the molecule is Cc1nc2sc(C(=O)NCC(C)(C)O)c(C3CC3)c2c(C)c1Cl. The van der Waals surface area contributed by atoms with Gasteiger partial charge < -0.3 is 10.4 Å². The smallest absolute Gasteiger partial charge is 0.261 e. The first-order valence-electron chi connectivity index (χ1n) is 7.78. The fraction of sp³-hybridized carbons (Fsp3) is 0.529. The van der Waals surface area contributed by atoms with Crippen molar-refractivity contribution in [3.8, 4) is 0 Å². The number of carbonyl (C=O) groups excluding carboxylic acids is 1. The van der Waals surface area contributed by atoms with Gasteiger partial charge in [0.2, 0.25) is 0 Å². The summed E-state index contributed by atoms with van der Waals surface area (Å²) in [6.07, 6.45) is 2.20. The molecule has 2 aromatic heterocycles. The van der Waals surface area contributed by atoms with Gasteiger partial charge in [-0.2, -0.15) is 0 Å². The van der Waals surface area contributed by atoms with Crippen LogP contribution in [0.1, 0.15) is 59.1 Å². The molecule has 2 heterocycles. The van der Waals surface area contributed by atoms with Crippen LogP contribution in [0, 0.1) is 13.8 Å². The van der Waals surface area contributed by atoms with Gasteiger partial charge in [0.25, 0.3) is 5.91 Å². The number of aliphatic hydroxyl groups is 1. The van der Waals surface area contributed by atoms with E-state index in [0.717, 1.165) is 39.9 Å². The van der Waals surface area contributed by atoms with E-state index in [0.29, 0.717) is 15.8 Å². The van der Waals surface area contributed by atoms with Crippen LogP contribution >= 0.6 is 22.9 Å². The van der Waals surface area contributed by atoms with Gasteiger partial charge in [-0.15, -0.1) is 11.3 Å². The van der Waals surface area contributed by atoms with Crippen molar-refractivity contribution < 1.29 is 9.90 Å². The van der Waals surface area contributed by atoms with Crippen LogP contribution < -0.4 is 5.32 Å². The van der Waals surface area contributed by atoms with Crippen LogP contribution in [0.5, 0.6) is 0 Å². The molecule has 1 aliphatic carbocycles. The van der Waals surface area contributed by atoms with Crippen LogP contribution in [0.3, 0.4) is 0 Å². The summed E-state index contributed by atoms with van der Waals surface area (Å²) in [6.45, 7) is 7.45. The van der Waals surface area contributed by atoms with E-state index in [1.54, 1.807) is 13.8 Å². The number of carbonyl (C=O) groups is 1. The molecule has 0 saturated heterocycles. The Balaban J connectivity index is 2.08. The first-order chi connectivity index (χ1) is 10.7. The van der Waals surface area contributed by atoms with Crippen molar-refractivity contribution in [1.82, 2.24) is 10.3 Å². The molecular formula is C17H21ClN2O2S. The molecule has 3 rings (SSSR count). The van der Waals surface area contributed by atoms with Gasteiger partial charge in [0.05, 0.1) is 21.2 Å². The van der Waals surface area contributed by atoms with Gasteiger partial charge in [-0.25, -0.2) is 4.98 Å². The number of nitrogens with zero attached hydrogens (tertiary/aromatic N) is 1. The van der Waals surface area contributed by atoms with Crippen LogP contribution in [0.2, 0.25) is 5.02 Å². The Bertz CT molecular complexity index is 788. The average molecular weight is 353 g/mol. The summed E-state index contributed by atoms with van der Waals surface area (Å²) < 4.78 is 0. The van der Waals surface area contributed by atoms with Crippen molar-refractivity contribution in [2.45, 2.75) is 52.1 Å². The lowest BCUT2D eigenvalue weighted by atomic mass is 10.0. The topological polar surface area (TPSA) is 62.2 Å². The first-order valence-corrected chi connectivity index (χ1v) is 8.98. The molecule has 0 bridgehead atoms. The number of halogens is 1. The summed E-state index contributed by atoms with van der Waals surface area (Å²) in [7, 11) is 0. The highest BCUT2D eigenvalue weighted by atomic mass is 35.5. The second kappa shape index (κ2) is 5.72. The number of thiophene rings is 1. The number of aryl methyl sites for hydroxylation is 2. The normalized spacial score (nSPS) is 15.2. The van der Waals surface area contributed by atoms with Crippen molar-refractivity contribution in [3.63, 3.8) is 0 Å². The Morgan fingerprint density at radius 2 is 2.09 bits per heavy atom. The minimum atomic E-state index is -0.930. The number of aromatic nitrogens is 1. The van der Waals surface area contributed by atoms with Crippen LogP contribution in [0.4, 0.5) is 0 Å².